The van der Waals surface area contributed by atoms with Crippen LogP contribution in [-0.2, 0) is 9.59 Å². The van der Waals surface area contributed by atoms with Crippen molar-refractivity contribution in [2.24, 2.45) is 0 Å². The molecule has 0 spiro atoms. The molecular formula is C26H22ClNO7. The Hall–Kier alpha value is -4.17. The summed E-state index contributed by atoms with van der Waals surface area (Å²) in [6.45, 7) is 0. The number of hydrogen-bond acceptors (Lipinski definition) is 7. The number of methoxy groups -OCH3 is 3. The predicted molar refractivity (Wildman–Crippen MR) is 130 cm³/mol. The van der Waals surface area contributed by atoms with E-state index in [-0.39, 0.29) is 28.4 Å². The number of carbonyl (C=O) groups is 2. The first-order chi connectivity index (χ1) is 16.8. The SMILES string of the molecule is COc1ccc(/C(O)=C2/C(=O)C(=O)N(c3cccc(Cl)c3)C2c2ccc(OC)c(O)c2)c(OC)c1. The summed E-state index contributed by atoms with van der Waals surface area (Å²) in [5, 5.41) is 22.1. The number of benzene rings is 3. The van der Waals surface area contributed by atoms with E-state index in [9.17, 15) is 19.8 Å². The number of ether oxygens (including phenoxy) is 3. The number of aliphatic hydroxyl groups is 1. The van der Waals surface area contributed by atoms with Gasteiger partial charge in [0.05, 0.1) is 38.5 Å². The molecule has 1 aliphatic heterocycles. The van der Waals surface area contributed by atoms with E-state index < -0.39 is 23.5 Å². The Kier molecular flexibility index (Phi) is 6.57. The monoisotopic (exact) mass is 495 g/mol. The molecule has 1 atom stereocenters. The van der Waals surface area contributed by atoms with E-state index in [1.54, 1.807) is 36.4 Å². The van der Waals surface area contributed by atoms with Gasteiger partial charge in [0, 0.05) is 16.8 Å². The van der Waals surface area contributed by atoms with Gasteiger partial charge in [-0.2, -0.15) is 0 Å². The number of Topliss-reactive ketones (excluding diaryl/α,β-unsaturated/α-hetero) is 1. The van der Waals surface area contributed by atoms with Crippen molar-refractivity contribution >= 4 is 34.7 Å². The van der Waals surface area contributed by atoms with Crippen LogP contribution in [0.2, 0.25) is 5.02 Å². The van der Waals surface area contributed by atoms with Gasteiger partial charge in [-0.05, 0) is 48.0 Å². The van der Waals surface area contributed by atoms with Gasteiger partial charge in [0.1, 0.15) is 17.3 Å². The molecule has 9 heteroatoms. The predicted octanol–water partition coefficient (Wildman–Crippen LogP) is 4.70. The first-order valence-electron chi connectivity index (χ1n) is 10.5. The second-order valence-corrected chi connectivity index (χ2v) is 8.08. The molecule has 3 aromatic carbocycles. The van der Waals surface area contributed by atoms with E-state index in [0.29, 0.717) is 22.0 Å². The molecule has 1 unspecified atom stereocenters. The van der Waals surface area contributed by atoms with Crippen LogP contribution in [0.25, 0.3) is 5.76 Å². The van der Waals surface area contributed by atoms with Crippen molar-refractivity contribution in [1.29, 1.82) is 0 Å². The zero-order valence-corrected chi connectivity index (χ0v) is 19.9. The lowest BCUT2D eigenvalue weighted by Crippen LogP contribution is -2.29. The van der Waals surface area contributed by atoms with Crippen LogP contribution in [0.1, 0.15) is 17.2 Å². The van der Waals surface area contributed by atoms with E-state index in [0.717, 1.165) is 0 Å². The number of phenols is 1. The Morgan fingerprint density at radius 3 is 2.29 bits per heavy atom. The number of aromatic hydroxyl groups is 1. The first kappa shape index (κ1) is 24.0. The van der Waals surface area contributed by atoms with Gasteiger partial charge in [-0.3, -0.25) is 14.5 Å². The highest BCUT2D eigenvalue weighted by molar-refractivity contribution is 6.51. The molecule has 1 aliphatic rings. The summed E-state index contributed by atoms with van der Waals surface area (Å²) in [7, 11) is 4.30. The molecule has 0 aromatic heterocycles. The summed E-state index contributed by atoms with van der Waals surface area (Å²) in [6, 6.07) is 14.5. The van der Waals surface area contributed by atoms with Crippen molar-refractivity contribution in [3.05, 3.63) is 82.4 Å². The van der Waals surface area contributed by atoms with Gasteiger partial charge in [-0.25, -0.2) is 0 Å². The number of rotatable bonds is 6. The van der Waals surface area contributed by atoms with Gasteiger partial charge in [0.2, 0.25) is 0 Å². The van der Waals surface area contributed by atoms with Crippen molar-refractivity contribution in [2.45, 2.75) is 6.04 Å². The lowest BCUT2D eigenvalue weighted by molar-refractivity contribution is -0.132. The van der Waals surface area contributed by atoms with Crippen molar-refractivity contribution in [3.8, 4) is 23.0 Å². The minimum absolute atomic E-state index is 0.178. The fraction of sp³-hybridized carbons (Fsp3) is 0.154. The number of aliphatic hydroxyl groups excluding tert-OH is 1. The lowest BCUT2D eigenvalue weighted by atomic mass is 9.94. The van der Waals surface area contributed by atoms with Crippen LogP contribution in [0.15, 0.2) is 66.2 Å². The van der Waals surface area contributed by atoms with E-state index >= 15 is 0 Å². The third-order valence-corrected chi connectivity index (χ3v) is 5.95. The molecule has 1 amide bonds. The molecule has 1 saturated heterocycles. The highest BCUT2D eigenvalue weighted by Crippen LogP contribution is 2.45. The molecule has 0 saturated carbocycles. The molecule has 1 fully saturated rings. The van der Waals surface area contributed by atoms with Crippen molar-refractivity contribution in [3.63, 3.8) is 0 Å². The van der Waals surface area contributed by atoms with Gasteiger partial charge in [-0.15, -0.1) is 0 Å². The molecule has 4 rings (SSSR count). The Bertz CT molecular complexity index is 1350. The molecule has 1 heterocycles. The maximum absolute atomic E-state index is 13.3. The third-order valence-electron chi connectivity index (χ3n) is 5.71. The van der Waals surface area contributed by atoms with Crippen LogP contribution in [0.3, 0.4) is 0 Å². The molecule has 2 N–H and O–H groups in total. The molecule has 180 valence electrons. The molecule has 3 aromatic rings. The van der Waals surface area contributed by atoms with E-state index in [1.165, 1.54) is 50.5 Å². The molecular weight excluding hydrogens is 474 g/mol. The average Bonchev–Trinajstić information content (AvgIpc) is 3.13. The number of halogens is 1. The zero-order valence-electron chi connectivity index (χ0n) is 19.1. The standard InChI is InChI=1S/C26H22ClNO7/c1-33-17-8-9-18(21(13-17)35-3)24(30)22-23(14-7-10-20(34-2)19(29)11-14)28(26(32)25(22)31)16-6-4-5-15(27)12-16/h4-13,23,29-30H,1-3H3/b24-22-. The Balaban J connectivity index is 1.98. The summed E-state index contributed by atoms with van der Waals surface area (Å²) < 4.78 is 15.7. The minimum atomic E-state index is -1.07. The van der Waals surface area contributed by atoms with Crippen molar-refractivity contribution in [1.82, 2.24) is 0 Å². The smallest absolute Gasteiger partial charge is 0.300 e. The molecule has 8 nitrogen and oxygen atoms in total. The quantitative estimate of drug-likeness (QED) is 0.290. The number of carbonyl (C=O) groups excluding carboxylic acids is 2. The van der Waals surface area contributed by atoms with E-state index in [4.69, 9.17) is 25.8 Å². The molecule has 0 bridgehead atoms. The normalized spacial score (nSPS) is 16.9. The van der Waals surface area contributed by atoms with Gasteiger partial charge in [0.15, 0.2) is 11.5 Å². The van der Waals surface area contributed by atoms with E-state index in [1.807, 2.05) is 0 Å². The van der Waals surface area contributed by atoms with Crippen LogP contribution in [0, 0.1) is 0 Å². The van der Waals surface area contributed by atoms with Gasteiger partial charge in [-0.1, -0.05) is 23.7 Å². The minimum Gasteiger partial charge on any atom is -0.507 e. The maximum Gasteiger partial charge on any atom is 0.300 e. The highest BCUT2D eigenvalue weighted by atomic mass is 35.5. The maximum atomic E-state index is 13.3. The lowest BCUT2D eigenvalue weighted by Gasteiger charge is -2.26. The van der Waals surface area contributed by atoms with Gasteiger partial charge >= 0.3 is 0 Å². The number of amides is 1. The highest BCUT2D eigenvalue weighted by Gasteiger charge is 2.47. The summed E-state index contributed by atoms with van der Waals surface area (Å²) in [6.07, 6.45) is 0. The fourth-order valence-corrected chi connectivity index (χ4v) is 4.24. The van der Waals surface area contributed by atoms with Crippen LogP contribution < -0.4 is 19.1 Å². The zero-order chi connectivity index (χ0) is 25.3. The number of hydrogen-bond donors (Lipinski definition) is 2. The summed E-state index contributed by atoms with van der Waals surface area (Å²) in [4.78, 5) is 27.8. The average molecular weight is 496 g/mol. The second-order valence-electron chi connectivity index (χ2n) is 7.65. The van der Waals surface area contributed by atoms with E-state index in [2.05, 4.69) is 0 Å². The summed E-state index contributed by atoms with van der Waals surface area (Å²) in [5.41, 5.74) is 0.736. The molecule has 0 aliphatic carbocycles. The fourth-order valence-electron chi connectivity index (χ4n) is 4.06. The Morgan fingerprint density at radius 1 is 0.914 bits per heavy atom. The number of anilines is 1. The molecule has 0 radical (unpaired) electrons. The molecule has 35 heavy (non-hydrogen) atoms. The van der Waals surface area contributed by atoms with Crippen LogP contribution in [-0.4, -0.2) is 43.2 Å². The van der Waals surface area contributed by atoms with Crippen LogP contribution in [0.5, 0.6) is 23.0 Å². The summed E-state index contributed by atoms with van der Waals surface area (Å²) in [5.74, 6) is -1.45. The van der Waals surface area contributed by atoms with Crippen molar-refractivity contribution in [2.75, 3.05) is 26.2 Å². The largest absolute Gasteiger partial charge is 0.507 e. The Morgan fingerprint density at radius 2 is 1.66 bits per heavy atom. The first-order valence-corrected chi connectivity index (χ1v) is 10.8. The number of nitrogens with zero attached hydrogens (tertiary/aromatic N) is 1. The number of ketones is 1. The van der Waals surface area contributed by atoms with Crippen LogP contribution in [0.4, 0.5) is 5.69 Å². The topological polar surface area (TPSA) is 106 Å². The van der Waals surface area contributed by atoms with Gasteiger partial charge < -0.3 is 24.4 Å². The Labute approximate surface area is 206 Å². The number of phenolic OH excluding ortho intramolecular Hbond substituents is 1. The second kappa shape index (κ2) is 9.60. The van der Waals surface area contributed by atoms with Crippen LogP contribution >= 0.6 is 11.6 Å². The van der Waals surface area contributed by atoms with Gasteiger partial charge in [0.25, 0.3) is 11.7 Å². The summed E-state index contributed by atoms with van der Waals surface area (Å²) >= 11 is 6.16. The third kappa shape index (κ3) is 4.24. The van der Waals surface area contributed by atoms with Crippen molar-refractivity contribution < 1.29 is 34.0 Å².